The summed E-state index contributed by atoms with van der Waals surface area (Å²) in [5, 5.41) is 12.6. The molecule has 2 N–H and O–H groups in total. The molecule has 5 nitrogen and oxygen atoms in total. The summed E-state index contributed by atoms with van der Waals surface area (Å²) in [4.78, 5) is 2.07. The molecule has 1 aliphatic heterocycles. The van der Waals surface area contributed by atoms with Crippen LogP contribution in [0.4, 0.5) is 0 Å². The van der Waals surface area contributed by atoms with Gasteiger partial charge in [-0.15, -0.1) is 12.4 Å². The second-order valence-electron chi connectivity index (χ2n) is 4.36. The Morgan fingerprint density at radius 3 is 2.50 bits per heavy atom. The van der Waals surface area contributed by atoms with Crippen molar-refractivity contribution in [3.05, 3.63) is 0 Å². The molecule has 1 aliphatic rings. The Kier molecular flexibility index (Phi) is 6.81. The molecule has 2 unspecified atom stereocenters. The van der Waals surface area contributed by atoms with Gasteiger partial charge in [0.25, 0.3) is 0 Å². The zero-order chi connectivity index (χ0) is 11.5. The lowest BCUT2D eigenvalue weighted by Gasteiger charge is -2.15. The SMILES string of the molecule is CN(C)CCCNC1CS(=O)(=O)CC1O.Cl.[HH]. The minimum absolute atomic E-state index is 0. The number of aliphatic hydroxyl groups is 1. The summed E-state index contributed by atoms with van der Waals surface area (Å²) in [6.45, 7) is 1.71. The standard InChI is InChI=1S/C9H20N2O3S.ClH.H2/c1-11(2)5-3-4-10-8-6-15(13,14)7-9(8)12;;/h8-10,12H,3-7H2,1-2H3;2*1H. The minimum atomic E-state index is -3.02. The van der Waals surface area contributed by atoms with Crippen molar-refractivity contribution in [1.82, 2.24) is 10.2 Å². The molecule has 0 radical (unpaired) electrons. The van der Waals surface area contributed by atoms with E-state index in [0.29, 0.717) is 0 Å². The highest BCUT2D eigenvalue weighted by Crippen LogP contribution is 2.12. The Labute approximate surface area is 105 Å². The van der Waals surface area contributed by atoms with Gasteiger partial charge in [-0.3, -0.25) is 0 Å². The van der Waals surface area contributed by atoms with Crippen LogP contribution in [-0.4, -0.2) is 69.3 Å². The van der Waals surface area contributed by atoms with Crippen LogP contribution in [0.1, 0.15) is 7.85 Å². The summed E-state index contributed by atoms with van der Waals surface area (Å²) >= 11 is 0. The molecule has 0 amide bonds. The number of halogens is 1. The molecule has 0 aliphatic carbocycles. The molecule has 1 rings (SSSR count). The lowest BCUT2D eigenvalue weighted by Crippen LogP contribution is -2.39. The van der Waals surface area contributed by atoms with Gasteiger partial charge in [-0.2, -0.15) is 0 Å². The number of rotatable bonds is 5. The van der Waals surface area contributed by atoms with Crippen molar-refractivity contribution >= 4 is 22.2 Å². The molecule has 0 bridgehead atoms. The van der Waals surface area contributed by atoms with Crippen LogP contribution in [0.2, 0.25) is 0 Å². The summed E-state index contributed by atoms with van der Waals surface area (Å²) in [7, 11) is 0.969. The van der Waals surface area contributed by atoms with Crippen LogP contribution in [0.25, 0.3) is 0 Å². The molecular weight excluding hydrogens is 252 g/mol. The van der Waals surface area contributed by atoms with Gasteiger partial charge in [0.15, 0.2) is 9.84 Å². The molecular formula is C9H23ClN2O3S. The van der Waals surface area contributed by atoms with Gasteiger partial charge in [-0.05, 0) is 33.6 Å². The van der Waals surface area contributed by atoms with Gasteiger partial charge in [0.05, 0.1) is 17.6 Å². The zero-order valence-corrected chi connectivity index (χ0v) is 11.4. The van der Waals surface area contributed by atoms with Gasteiger partial charge in [0, 0.05) is 7.47 Å². The van der Waals surface area contributed by atoms with Crippen molar-refractivity contribution in [2.24, 2.45) is 0 Å². The van der Waals surface area contributed by atoms with Crippen LogP contribution in [-0.2, 0) is 9.84 Å². The number of nitrogens with one attached hydrogen (secondary N) is 1. The Morgan fingerprint density at radius 1 is 1.44 bits per heavy atom. The normalized spacial score (nSPS) is 28.0. The van der Waals surface area contributed by atoms with Crippen LogP contribution in [0.3, 0.4) is 0 Å². The molecule has 16 heavy (non-hydrogen) atoms. The smallest absolute Gasteiger partial charge is 0.154 e. The summed E-state index contributed by atoms with van der Waals surface area (Å²) in [6, 6.07) is -0.280. The van der Waals surface area contributed by atoms with Gasteiger partial charge in [0.2, 0.25) is 0 Å². The predicted molar refractivity (Wildman–Crippen MR) is 69.0 cm³/mol. The third kappa shape index (κ3) is 5.45. The third-order valence-electron chi connectivity index (χ3n) is 2.51. The number of nitrogens with zero attached hydrogens (tertiary/aromatic N) is 1. The monoisotopic (exact) mass is 274 g/mol. The lowest BCUT2D eigenvalue weighted by atomic mass is 10.2. The van der Waals surface area contributed by atoms with E-state index in [0.717, 1.165) is 19.5 Å². The van der Waals surface area contributed by atoms with Crippen LogP contribution in [0, 0.1) is 0 Å². The Hall–Kier alpha value is 0.120. The Bertz CT molecular complexity index is 301. The topological polar surface area (TPSA) is 69.6 Å². The summed E-state index contributed by atoms with van der Waals surface area (Å²) < 4.78 is 22.4. The van der Waals surface area contributed by atoms with E-state index in [2.05, 4.69) is 10.2 Å². The van der Waals surface area contributed by atoms with E-state index in [1.54, 1.807) is 0 Å². The molecule has 0 spiro atoms. The van der Waals surface area contributed by atoms with Crippen molar-refractivity contribution in [1.29, 1.82) is 0 Å². The van der Waals surface area contributed by atoms with Gasteiger partial charge in [0.1, 0.15) is 0 Å². The van der Waals surface area contributed by atoms with Gasteiger partial charge < -0.3 is 15.3 Å². The first-order valence-corrected chi connectivity index (χ1v) is 6.99. The second kappa shape index (κ2) is 6.76. The molecule has 0 aromatic rings. The van der Waals surface area contributed by atoms with Gasteiger partial charge >= 0.3 is 0 Å². The Morgan fingerprint density at radius 2 is 2.06 bits per heavy atom. The molecule has 100 valence electrons. The maximum absolute atomic E-state index is 11.2. The number of sulfone groups is 1. The highest BCUT2D eigenvalue weighted by molar-refractivity contribution is 7.91. The van der Waals surface area contributed by atoms with E-state index in [-0.39, 0.29) is 31.4 Å². The number of hydrogen-bond donors (Lipinski definition) is 2. The molecule has 1 fully saturated rings. The van der Waals surface area contributed by atoms with Crippen molar-refractivity contribution in [3.8, 4) is 0 Å². The van der Waals surface area contributed by atoms with E-state index in [1.165, 1.54) is 0 Å². The predicted octanol–water partition coefficient (Wildman–Crippen LogP) is -0.647. The lowest BCUT2D eigenvalue weighted by molar-refractivity contribution is 0.165. The van der Waals surface area contributed by atoms with Crippen molar-refractivity contribution in [2.75, 3.05) is 38.7 Å². The molecule has 1 saturated heterocycles. The van der Waals surface area contributed by atoms with Crippen LogP contribution in [0.15, 0.2) is 0 Å². The fourth-order valence-corrected chi connectivity index (χ4v) is 3.48. The Balaban J connectivity index is 0. The second-order valence-corrected chi connectivity index (χ2v) is 6.52. The first-order valence-electron chi connectivity index (χ1n) is 5.17. The van der Waals surface area contributed by atoms with E-state index in [1.807, 2.05) is 14.1 Å². The van der Waals surface area contributed by atoms with Crippen molar-refractivity contribution in [3.63, 3.8) is 0 Å². The van der Waals surface area contributed by atoms with E-state index in [4.69, 9.17) is 0 Å². The summed E-state index contributed by atoms with van der Waals surface area (Å²) in [5.74, 6) is -0.0333. The van der Waals surface area contributed by atoms with Crippen LogP contribution < -0.4 is 5.32 Å². The zero-order valence-electron chi connectivity index (χ0n) is 9.72. The molecule has 2 atom stereocenters. The van der Waals surface area contributed by atoms with E-state index in [9.17, 15) is 13.5 Å². The highest BCUT2D eigenvalue weighted by atomic mass is 35.5. The molecule has 7 heteroatoms. The average molecular weight is 275 g/mol. The van der Waals surface area contributed by atoms with Crippen molar-refractivity contribution in [2.45, 2.75) is 18.6 Å². The van der Waals surface area contributed by atoms with Gasteiger partial charge in [-0.1, -0.05) is 0 Å². The molecule has 0 aromatic heterocycles. The van der Waals surface area contributed by atoms with Crippen LogP contribution in [0.5, 0.6) is 0 Å². The maximum Gasteiger partial charge on any atom is 0.154 e. The van der Waals surface area contributed by atoms with Crippen LogP contribution >= 0.6 is 12.4 Å². The maximum atomic E-state index is 11.2. The van der Waals surface area contributed by atoms with E-state index < -0.39 is 15.9 Å². The number of aliphatic hydroxyl groups excluding tert-OH is 1. The fourth-order valence-electron chi connectivity index (χ4n) is 1.71. The van der Waals surface area contributed by atoms with Gasteiger partial charge in [-0.25, -0.2) is 8.42 Å². The molecule has 1 heterocycles. The quantitative estimate of drug-likeness (QED) is 0.653. The molecule has 0 saturated carbocycles. The highest BCUT2D eigenvalue weighted by Gasteiger charge is 2.35. The molecule has 0 aromatic carbocycles. The third-order valence-corrected chi connectivity index (χ3v) is 4.23. The average Bonchev–Trinajstić information content (AvgIpc) is 2.33. The first kappa shape index (κ1) is 16.1. The van der Waals surface area contributed by atoms with E-state index >= 15 is 0 Å². The summed E-state index contributed by atoms with van der Waals surface area (Å²) in [6.07, 6.45) is 0.213. The largest absolute Gasteiger partial charge is 0.390 e. The first-order chi connectivity index (χ1) is 6.91. The minimum Gasteiger partial charge on any atom is -0.390 e. The van der Waals surface area contributed by atoms with Crippen molar-refractivity contribution < 1.29 is 15.0 Å². The fraction of sp³-hybridized carbons (Fsp3) is 1.00. The number of hydrogen-bond acceptors (Lipinski definition) is 5. The summed E-state index contributed by atoms with van der Waals surface area (Å²) in [5.41, 5.74) is 0.